The Labute approximate surface area is 175 Å². The lowest BCUT2D eigenvalue weighted by Gasteiger charge is -2.29. The van der Waals surface area contributed by atoms with Crippen LogP contribution in [0.3, 0.4) is 0 Å². The molecule has 4 rings (SSSR count). The number of aromatic nitrogens is 2. The molecule has 1 saturated heterocycles. The quantitative estimate of drug-likeness (QED) is 0.675. The van der Waals surface area contributed by atoms with Crippen LogP contribution in [-0.4, -0.2) is 34.9 Å². The van der Waals surface area contributed by atoms with E-state index in [0.29, 0.717) is 28.5 Å². The summed E-state index contributed by atoms with van der Waals surface area (Å²) in [6.45, 7) is 1.81. The summed E-state index contributed by atoms with van der Waals surface area (Å²) >= 11 is 0. The van der Waals surface area contributed by atoms with Gasteiger partial charge in [-0.05, 0) is 61.7 Å². The zero-order valence-electron chi connectivity index (χ0n) is 16.5. The second-order valence-electron chi connectivity index (χ2n) is 7.13. The number of rotatable bonds is 5. The highest BCUT2D eigenvalue weighted by atomic mass is 16.2. The number of carbonyl (C=O) groups is 2. The van der Waals surface area contributed by atoms with Crippen molar-refractivity contribution < 1.29 is 9.59 Å². The standard InChI is InChI=1S/C23H23N5O2/c29-22(27-20-11-2-3-12-24-20)17-8-6-9-18(16-17)26-23(30)19-10-7-13-25-21(19)28-14-4-1-5-15-28/h2-3,6-13,16H,1,4-5,14-15H2,(H,26,30)(H,24,27,29). The summed E-state index contributed by atoms with van der Waals surface area (Å²) in [7, 11) is 0. The molecule has 1 aromatic carbocycles. The van der Waals surface area contributed by atoms with Gasteiger partial charge in [-0.3, -0.25) is 9.59 Å². The maximum absolute atomic E-state index is 13.0. The van der Waals surface area contributed by atoms with E-state index < -0.39 is 0 Å². The number of benzene rings is 1. The van der Waals surface area contributed by atoms with Crippen LogP contribution in [0.2, 0.25) is 0 Å². The molecule has 30 heavy (non-hydrogen) atoms. The molecule has 1 aliphatic rings. The minimum absolute atomic E-state index is 0.244. The Morgan fingerprint density at radius 1 is 0.800 bits per heavy atom. The molecule has 2 aromatic heterocycles. The second kappa shape index (κ2) is 9.17. The topological polar surface area (TPSA) is 87.2 Å². The molecule has 1 aliphatic heterocycles. The van der Waals surface area contributed by atoms with E-state index in [0.717, 1.165) is 25.9 Å². The number of carbonyl (C=O) groups excluding carboxylic acids is 2. The smallest absolute Gasteiger partial charge is 0.259 e. The molecular formula is C23H23N5O2. The normalized spacial score (nSPS) is 13.5. The summed E-state index contributed by atoms with van der Waals surface area (Å²) in [4.78, 5) is 36.2. The van der Waals surface area contributed by atoms with E-state index in [1.165, 1.54) is 6.42 Å². The van der Waals surface area contributed by atoms with Crippen LogP contribution in [0.1, 0.15) is 40.0 Å². The van der Waals surface area contributed by atoms with E-state index in [9.17, 15) is 9.59 Å². The van der Waals surface area contributed by atoms with Crippen molar-refractivity contribution in [1.29, 1.82) is 0 Å². The molecule has 7 nitrogen and oxygen atoms in total. The molecule has 7 heteroatoms. The second-order valence-corrected chi connectivity index (χ2v) is 7.13. The lowest BCUT2D eigenvalue weighted by molar-refractivity contribution is 0.101. The first kappa shape index (κ1) is 19.6. The van der Waals surface area contributed by atoms with Gasteiger partial charge in [-0.25, -0.2) is 9.97 Å². The third kappa shape index (κ3) is 4.63. The summed E-state index contributed by atoms with van der Waals surface area (Å²) < 4.78 is 0. The predicted octanol–water partition coefficient (Wildman–Crippen LogP) is 3.97. The molecule has 3 aromatic rings. The van der Waals surface area contributed by atoms with Gasteiger partial charge in [0.2, 0.25) is 0 Å². The number of nitrogens with one attached hydrogen (secondary N) is 2. The average Bonchev–Trinajstić information content (AvgIpc) is 2.80. The summed E-state index contributed by atoms with van der Waals surface area (Å²) in [6, 6.07) is 15.7. The van der Waals surface area contributed by atoms with Crippen molar-refractivity contribution in [2.24, 2.45) is 0 Å². The van der Waals surface area contributed by atoms with Gasteiger partial charge in [-0.1, -0.05) is 12.1 Å². The molecule has 152 valence electrons. The largest absolute Gasteiger partial charge is 0.356 e. The van der Waals surface area contributed by atoms with Crippen LogP contribution in [-0.2, 0) is 0 Å². The number of nitrogens with zero attached hydrogens (tertiary/aromatic N) is 3. The van der Waals surface area contributed by atoms with Gasteiger partial charge in [0, 0.05) is 36.7 Å². The first-order valence-electron chi connectivity index (χ1n) is 10.0. The van der Waals surface area contributed by atoms with Gasteiger partial charge < -0.3 is 15.5 Å². The minimum atomic E-state index is -0.291. The number of pyridine rings is 2. The summed E-state index contributed by atoms with van der Waals surface area (Å²) in [5.74, 6) is 0.642. The van der Waals surface area contributed by atoms with E-state index in [2.05, 4.69) is 25.5 Å². The van der Waals surface area contributed by atoms with Crippen LogP contribution >= 0.6 is 0 Å². The van der Waals surface area contributed by atoms with Crippen molar-refractivity contribution in [3.05, 3.63) is 78.1 Å². The van der Waals surface area contributed by atoms with Crippen LogP contribution in [0, 0.1) is 0 Å². The molecule has 0 radical (unpaired) electrons. The monoisotopic (exact) mass is 401 g/mol. The zero-order valence-corrected chi connectivity index (χ0v) is 16.5. The van der Waals surface area contributed by atoms with Gasteiger partial charge in [0.05, 0.1) is 5.56 Å². The number of anilines is 3. The third-order valence-corrected chi connectivity index (χ3v) is 4.98. The molecule has 2 N–H and O–H groups in total. The van der Waals surface area contributed by atoms with E-state index in [1.807, 2.05) is 0 Å². The average molecular weight is 401 g/mol. The Bertz CT molecular complexity index is 1030. The van der Waals surface area contributed by atoms with Gasteiger partial charge >= 0.3 is 0 Å². The molecule has 0 atom stereocenters. The highest BCUT2D eigenvalue weighted by Gasteiger charge is 2.20. The fraction of sp³-hybridized carbons (Fsp3) is 0.217. The Hall–Kier alpha value is -3.74. The van der Waals surface area contributed by atoms with E-state index >= 15 is 0 Å². The fourth-order valence-corrected chi connectivity index (χ4v) is 3.49. The molecule has 0 unspecified atom stereocenters. The number of piperidine rings is 1. The molecule has 0 bridgehead atoms. The first-order chi connectivity index (χ1) is 14.7. The van der Waals surface area contributed by atoms with Crippen LogP contribution in [0.15, 0.2) is 67.0 Å². The van der Waals surface area contributed by atoms with Gasteiger partial charge in [0.25, 0.3) is 11.8 Å². The fourth-order valence-electron chi connectivity index (χ4n) is 3.49. The van der Waals surface area contributed by atoms with Gasteiger partial charge in [0.1, 0.15) is 11.6 Å². The van der Waals surface area contributed by atoms with Crippen molar-refractivity contribution in [2.75, 3.05) is 28.6 Å². The molecule has 2 amide bonds. The Kier molecular flexibility index (Phi) is 5.98. The Morgan fingerprint density at radius 3 is 2.43 bits per heavy atom. The molecule has 1 fully saturated rings. The molecule has 0 aliphatic carbocycles. The van der Waals surface area contributed by atoms with Gasteiger partial charge in [-0.15, -0.1) is 0 Å². The van der Waals surface area contributed by atoms with Crippen molar-refractivity contribution in [2.45, 2.75) is 19.3 Å². The maximum atomic E-state index is 13.0. The van der Waals surface area contributed by atoms with Crippen molar-refractivity contribution in [1.82, 2.24) is 9.97 Å². The van der Waals surface area contributed by atoms with Crippen molar-refractivity contribution in [3.63, 3.8) is 0 Å². The van der Waals surface area contributed by atoms with Crippen LogP contribution < -0.4 is 15.5 Å². The Morgan fingerprint density at radius 2 is 1.63 bits per heavy atom. The van der Waals surface area contributed by atoms with Gasteiger partial charge in [0.15, 0.2) is 0 Å². The molecule has 3 heterocycles. The summed E-state index contributed by atoms with van der Waals surface area (Å²) in [6.07, 6.45) is 6.73. The SMILES string of the molecule is O=C(Nc1ccccn1)c1cccc(NC(=O)c2cccnc2N2CCCCC2)c1. The maximum Gasteiger partial charge on any atom is 0.259 e. The lowest BCUT2D eigenvalue weighted by Crippen LogP contribution is -2.32. The lowest BCUT2D eigenvalue weighted by atomic mass is 10.1. The number of amides is 2. The first-order valence-corrected chi connectivity index (χ1v) is 10.0. The van der Waals surface area contributed by atoms with Crippen molar-refractivity contribution in [3.8, 4) is 0 Å². The van der Waals surface area contributed by atoms with Crippen molar-refractivity contribution >= 4 is 29.1 Å². The molecular weight excluding hydrogens is 378 g/mol. The molecule has 0 spiro atoms. The van der Waals surface area contributed by atoms with Crippen LogP contribution in [0.5, 0.6) is 0 Å². The van der Waals surface area contributed by atoms with Crippen LogP contribution in [0.25, 0.3) is 0 Å². The number of hydrogen-bond donors (Lipinski definition) is 2. The van der Waals surface area contributed by atoms with E-state index in [-0.39, 0.29) is 11.8 Å². The summed E-state index contributed by atoms with van der Waals surface area (Å²) in [5.41, 5.74) is 1.51. The van der Waals surface area contributed by atoms with E-state index in [4.69, 9.17) is 0 Å². The third-order valence-electron chi connectivity index (χ3n) is 4.98. The highest BCUT2D eigenvalue weighted by Crippen LogP contribution is 2.23. The van der Waals surface area contributed by atoms with E-state index in [1.54, 1.807) is 67.0 Å². The summed E-state index contributed by atoms with van der Waals surface area (Å²) in [5, 5.41) is 5.64. The predicted molar refractivity (Wildman–Crippen MR) is 117 cm³/mol. The zero-order chi connectivity index (χ0) is 20.8. The molecule has 0 saturated carbocycles. The Balaban J connectivity index is 1.49. The van der Waals surface area contributed by atoms with Gasteiger partial charge in [-0.2, -0.15) is 0 Å². The minimum Gasteiger partial charge on any atom is -0.356 e. The highest BCUT2D eigenvalue weighted by molar-refractivity contribution is 6.09. The number of hydrogen-bond acceptors (Lipinski definition) is 5. The van der Waals surface area contributed by atoms with Crippen LogP contribution in [0.4, 0.5) is 17.3 Å².